The van der Waals surface area contributed by atoms with Crippen molar-refractivity contribution in [3.8, 4) is 10.6 Å². The highest BCUT2D eigenvalue weighted by molar-refractivity contribution is 9.10. The molecule has 0 radical (unpaired) electrons. The number of rotatable bonds is 3. The summed E-state index contributed by atoms with van der Waals surface area (Å²) in [6.07, 6.45) is -4.70. The van der Waals surface area contributed by atoms with E-state index in [1.807, 2.05) is 0 Å². The van der Waals surface area contributed by atoms with E-state index in [1.165, 1.54) is 11.4 Å². The molecule has 0 bridgehead atoms. The second kappa shape index (κ2) is 5.53. The molecule has 3 nitrogen and oxygen atoms in total. The average molecular weight is 366 g/mol. The maximum atomic E-state index is 12.7. The van der Waals surface area contributed by atoms with Gasteiger partial charge >= 0.3 is 12.1 Å². The van der Waals surface area contributed by atoms with Gasteiger partial charge in [-0.2, -0.15) is 13.2 Å². The number of nitrogens with zero attached hydrogens (tertiary/aromatic N) is 1. The van der Waals surface area contributed by atoms with Gasteiger partial charge in [-0.1, -0.05) is 15.9 Å². The van der Waals surface area contributed by atoms with E-state index in [-0.39, 0.29) is 10.9 Å². The van der Waals surface area contributed by atoms with E-state index < -0.39 is 17.7 Å². The van der Waals surface area contributed by atoms with Crippen LogP contribution in [0.4, 0.5) is 13.2 Å². The van der Waals surface area contributed by atoms with Gasteiger partial charge in [-0.3, -0.25) is 4.79 Å². The highest BCUT2D eigenvalue weighted by Crippen LogP contribution is 2.35. The van der Waals surface area contributed by atoms with Gasteiger partial charge in [0.1, 0.15) is 5.01 Å². The molecule has 1 N–H and O–H groups in total. The van der Waals surface area contributed by atoms with E-state index in [2.05, 4.69) is 20.9 Å². The number of hydrogen-bond donors (Lipinski definition) is 1. The minimum Gasteiger partial charge on any atom is -0.481 e. The molecule has 0 aliphatic heterocycles. The maximum absolute atomic E-state index is 12.7. The molecule has 1 aromatic carbocycles. The second-order valence-electron chi connectivity index (χ2n) is 3.94. The molecule has 0 saturated heterocycles. The van der Waals surface area contributed by atoms with Gasteiger partial charge in [0.2, 0.25) is 0 Å². The fraction of sp³-hybridized carbons (Fsp3) is 0.167. The molecule has 106 valence electrons. The SMILES string of the molecule is O=C(O)Cc1csc(-c2cc(Br)cc(C(F)(F)F)c2)n1. The van der Waals surface area contributed by atoms with Crippen molar-refractivity contribution in [2.45, 2.75) is 12.6 Å². The Morgan fingerprint density at radius 3 is 2.65 bits per heavy atom. The molecule has 1 aromatic heterocycles. The lowest BCUT2D eigenvalue weighted by Gasteiger charge is -2.08. The number of carboxylic acid groups (broad SMARTS) is 1. The zero-order valence-corrected chi connectivity index (χ0v) is 12.1. The van der Waals surface area contributed by atoms with E-state index >= 15 is 0 Å². The molecule has 0 saturated carbocycles. The van der Waals surface area contributed by atoms with Crippen LogP contribution in [-0.2, 0) is 17.4 Å². The summed E-state index contributed by atoms with van der Waals surface area (Å²) in [5.41, 5.74) is -0.156. The summed E-state index contributed by atoms with van der Waals surface area (Å²) in [7, 11) is 0. The zero-order chi connectivity index (χ0) is 14.9. The average Bonchev–Trinajstić information content (AvgIpc) is 2.74. The molecular weight excluding hydrogens is 359 g/mol. The predicted molar refractivity (Wildman–Crippen MR) is 71.6 cm³/mol. The molecule has 2 aromatic rings. The summed E-state index contributed by atoms with van der Waals surface area (Å²) in [4.78, 5) is 14.6. The Kier molecular flexibility index (Phi) is 4.14. The van der Waals surface area contributed by atoms with Crippen molar-refractivity contribution in [1.29, 1.82) is 0 Å². The summed E-state index contributed by atoms with van der Waals surface area (Å²) >= 11 is 4.14. The van der Waals surface area contributed by atoms with Crippen molar-refractivity contribution in [2.75, 3.05) is 0 Å². The first-order valence-corrected chi connectivity index (χ1v) is 6.97. The van der Waals surface area contributed by atoms with Crippen molar-refractivity contribution in [1.82, 2.24) is 4.98 Å². The third-order valence-electron chi connectivity index (χ3n) is 2.36. The second-order valence-corrected chi connectivity index (χ2v) is 5.71. The number of aliphatic carboxylic acids is 1. The van der Waals surface area contributed by atoms with E-state index in [0.29, 0.717) is 16.3 Å². The first-order valence-electron chi connectivity index (χ1n) is 5.30. The molecular formula is C12H7BrF3NO2S. The van der Waals surface area contributed by atoms with Crippen LogP contribution in [0.25, 0.3) is 10.6 Å². The Labute approximate surface area is 124 Å². The van der Waals surface area contributed by atoms with Gasteiger partial charge in [0.25, 0.3) is 0 Å². The van der Waals surface area contributed by atoms with Crippen LogP contribution >= 0.6 is 27.3 Å². The number of aromatic nitrogens is 1. The van der Waals surface area contributed by atoms with E-state index in [4.69, 9.17) is 5.11 Å². The molecule has 0 atom stereocenters. The zero-order valence-electron chi connectivity index (χ0n) is 9.74. The molecule has 8 heteroatoms. The molecule has 0 aliphatic carbocycles. The van der Waals surface area contributed by atoms with Crippen molar-refractivity contribution in [2.24, 2.45) is 0 Å². The summed E-state index contributed by atoms with van der Waals surface area (Å²) in [6.45, 7) is 0. The van der Waals surface area contributed by atoms with Crippen molar-refractivity contribution < 1.29 is 23.1 Å². The molecule has 0 unspecified atom stereocenters. The Morgan fingerprint density at radius 2 is 2.05 bits per heavy atom. The van der Waals surface area contributed by atoms with Crippen LogP contribution in [0.15, 0.2) is 28.1 Å². The van der Waals surface area contributed by atoms with E-state index in [1.54, 1.807) is 0 Å². The molecule has 0 amide bonds. The van der Waals surface area contributed by atoms with Gasteiger partial charge in [0.15, 0.2) is 0 Å². The number of carboxylic acids is 1. The van der Waals surface area contributed by atoms with Gasteiger partial charge < -0.3 is 5.11 Å². The number of thiazole rings is 1. The van der Waals surface area contributed by atoms with Gasteiger partial charge in [0, 0.05) is 15.4 Å². The Bertz CT molecular complexity index is 654. The van der Waals surface area contributed by atoms with Crippen LogP contribution in [0.5, 0.6) is 0 Å². The quantitative estimate of drug-likeness (QED) is 0.885. The largest absolute Gasteiger partial charge is 0.481 e. The van der Waals surface area contributed by atoms with E-state index in [0.717, 1.165) is 23.5 Å². The van der Waals surface area contributed by atoms with Crippen molar-refractivity contribution >= 4 is 33.2 Å². The van der Waals surface area contributed by atoms with Gasteiger partial charge in [-0.15, -0.1) is 11.3 Å². The molecule has 0 spiro atoms. The first-order chi connectivity index (χ1) is 9.25. The number of benzene rings is 1. The summed E-state index contributed by atoms with van der Waals surface area (Å²) < 4.78 is 38.5. The summed E-state index contributed by atoms with van der Waals surface area (Å²) in [5, 5.41) is 10.5. The topological polar surface area (TPSA) is 50.2 Å². The highest BCUT2D eigenvalue weighted by atomic mass is 79.9. The predicted octanol–water partition coefficient (Wildman–Crippen LogP) is 4.22. The third kappa shape index (κ3) is 3.57. The first kappa shape index (κ1) is 15.0. The van der Waals surface area contributed by atoms with Crippen LogP contribution in [-0.4, -0.2) is 16.1 Å². The van der Waals surface area contributed by atoms with Crippen molar-refractivity contribution in [3.05, 3.63) is 39.3 Å². The maximum Gasteiger partial charge on any atom is 0.416 e. The standard InChI is InChI=1S/C12H7BrF3NO2S/c13-8-2-6(1-7(3-8)12(14,15)16)11-17-9(5-20-11)4-10(18)19/h1-3,5H,4H2,(H,18,19). The fourth-order valence-electron chi connectivity index (χ4n) is 1.55. The molecule has 0 fully saturated rings. The monoisotopic (exact) mass is 365 g/mol. The number of alkyl halides is 3. The lowest BCUT2D eigenvalue weighted by molar-refractivity contribution is -0.138. The lowest BCUT2D eigenvalue weighted by atomic mass is 10.1. The van der Waals surface area contributed by atoms with Crippen molar-refractivity contribution in [3.63, 3.8) is 0 Å². The minimum absolute atomic E-state index is 0.253. The van der Waals surface area contributed by atoms with Gasteiger partial charge in [0.05, 0.1) is 17.7 Å². The van der Waals surface area contributed by atoms with Crippen LogP contribution in [0.3, 0.4) is 0 Å². The summed E-state index contributed by atoms with van der Waals surface area (Å²) in [6, 6.07) is 3.49. The van der Waals surface area contributed by atoms with Crippen LogP contribution in [0, 0.1) is 0 Å². The fourth-order valence-corrected chi connectivity index (χ4v) is 2.85. The number of carbonyl (C=O) groups is 1. The van der Waals surface area contributed by atoms with Gasteiger partial charge in [-0.05, 0) is 18.2 Å². The Morgan fingerprint density at radius 1 is 1.35 bits per heavy atom. The van der Waals surface area contributed by atoms with Crippen LogP contribution < -0.4 is 0 Å². The highest BCUT2D eigenvalue weighted by Gasteiger charge is 2.31. The smallest absolute Gasteiger partial charge is 0.416 e. The number of halogens is 4. The van der Waals surface area contributed by atoms with Crippen LogP contribution in [0.1, 0.15) is 11.3 Å². The van der Waals surface area contributed by atoms with Crippen LogP contribution in [0.2, 0.25) is 0 Å². The third-order valence-corrected chi connectivity index (χ3v) is 3.75. The Hall–Kier alpha value is -1.41. The molecule has 1 heterocycles. The summed E-state index contributed by atoms with van der Waals surface area (Å²) in [5.74, 6) is -1.04. The lowest BCUT2D eigenvalue weighted by Crippen LogP contribution is -2.05. The molecule has 2 rings (SSSR count). The van der Waals surface area contributed by atoms with E-state index in [9.17, 15) is 18.0 Å². The molecule has 0 aliphatic rings. The minimum atomic E-state index is -4.44. The molecule has 20 heavy (non-hydrogen) atoms. The number of hydrogen-bond acceptors (Lipinski definition) is 3. The normalized spacial score (nSPS) is 11.6. The Balaban J connectivity index is 2.40. The van der Waals surface area contributed by atoms with Gasteiger partial charge in [-0.25, -0.2) is 4.98 Å².